The first-order chi connectivity index (χ1) is 16.0. The molecule has 0 fully saturated rings. The Balaban J connectivity index is 1.52. The minimum atomic E-state index is -0.966. The second-order valence-corrected chi connectivity index (χ2v) is 9.26. The number of aromatic carboxylic acids is 1. The molecular formula is C26H27NO5S. The number of carboxylic acids is 1. The van der Waals surface area contributed by atoms with E-state index in [1.54, 1.807) is 42.7 Å². The summed E-state index contributed by atoms with van der Waals surface area (Å²) in [7, 11) is 1.65. The molecule has 2 heterocycles. The van der Waals surface area contributed by atoms with Gasteiger partial charge in [0.15, 0.2) is 0 Å². The second-order valence-electron chi connectivity index (χ2n) is 8.07. The summed E-state index contributed by atoms with van der Waals surface area (Å²) < 4.78 is 10.9. The summed E-state index contributed by atoms with van der Waals surface area (Å²) in [5.41, 5.74) is 4.16. The van der Waals surface area contributed by atoms with E-state index in [0.29, 0.717) is 13.2 Å². The van der Waals surface area contributed by atoms with Crippen molar-refractivity contribution in [2.75, 3.05) is 13.7 Å². The molecule has 33 heavy (non-hydrogen) atoms. The molecular weight excluding hydrogens is 438 g/mol. The number of methoxy groups -OCH3 is 1. The zero-order chi connectivity index (χ0) is 23.4. The summed E-state index contributed by atoms with van der Waals surface area (Å²) in [5.74, 6) is -0.228. The number of hydrogen-bond donors (Lipinski definition) is 2. The van der Waals surface area contributed by atoms with Gasteiger partial charge in [-0.1, -0.05) is 24.3 Å². The lowest BCUT2D eigenvalue weighted by Gasteiger charge is -2.17. The molecule has 1 aromatic heterocycles. The van der Waals surface area contributed by atoms with Gasteiger partial charge >= 0.3 is 5.97 Å². The molecule has 0 saturated carbocycles. The highest BCUT2D eigenvalue weighted by Gasteiger charge is 2.26. The van der Waals surface area contributed by atoms with Crippen molar-refractivity contribution < 1.29 is 24.2 Å². The first-order valence-corrected chi connectivity index (χ1v) is 11.8. The number of benzene rings is 2. The normalized spacial score (nSPS) is 13.8. The molecule has 0 bridgehead atoms. The zero-order valence-electron chi connectivity index (χ0n) is 18.7. The fourth-order valence-electron chi connectivity index (χ4n) is 4.05. The van der Waals surface area contributed by atoms with Crippen LogP contribution < -0.4 is 10.1 Å². The fourth-order valence-corrected chi connectivity index (χ4v) is 5.33. The molecule has 0 unspecified atom stereocenters. The molecule has 6 nitrogen and oxygen atoms in total. The third-order valence-corrected chi connectivity index (χ3v) is 7.19. The highest BCUT2D eigenvalue weighted by Crippen LogP contribution is 2.34. The average Bonchev–Trinajstić information content (AvgIpc) is 3.21. The standard InChI is InChI=1S/C26H27NO5S/c1-16(18-6-8-19(9-7-18)26(29)30)27-25(28)24-21-13-14-32-15-23(21)33-22(24)12-5-17-3-10-20(31-2)11-4-17/h3-4,6-11,16H,5,12-15H2,1-2H3,(H,27,28)(H,29,30)/t16-/m0/s1. The van der Waals surface area contributed by atoms with Gasteiger partial charge in [-0.2, -0.15) is 0 Å². The maximum Gasteiger partial charge on any atom is 0.335 e. The van der Waals surface area contributed by atoms with Crippen LogP contribution in [0.3, 0.4) is 0 Å². The van der Waals surface area contributed by atoms with E-state index in [-0.39, 0.29) is 17.5 Å². The molecule has 0 spiro atoms. The topological polar surface area (TPSA) is 84.9 Å². The molecule has 1 aliphatic heterocycles. The molecule has 0 radical (unpaired) electrons. The van der Waals surface area contributed by atoms with Crippen LogP contribution >= 0.6 is 11.3 Å². The third-order valence-electron chi connectivity index (χ3n) is 5.93. The van der Waals surface area contributed by atoms with Gasteiger partial charge in [-0.3, -0.25) is 4.79 Å². The Kier molecular flexibility index (Phi) is 7.11. The van der Waals surface area contributed by atoms with Crippen LogP contribution in [0.4, 0.5) is 0 Å². The maximum absolute atomic E-state index is 13.4. The second kappa shape index (κ2) is 10.2. The summed E-state index contributed by atoms with van der Waals surface area (Å²) in [5, 5.41) is 12.2. The van der Waals surface area contributed by atoms with E-state index in [1.807, 2.05) is 19.1 Å². The van der Waals surface area contributed by atoms with E-state index >= 15 is 0 Å². The Hall–Kier alpha value is -3.16. The fraction of sp³-hybridized carbons (Fsp3) is 0.308. The van der Waals surface area contributed by atoms with Crippen LogP contribution in [0.25, 0.3) is 0 Å². The van der Waals surface area contributed by atoms with Crippen molar-refractivity contribution in [3.05, 3.63) is 86.1 Å². The number of thiophene rings is 1. The molecule has 1 amide bonds. The smallest absolute Gasteiger partial charge is 0.335 e. The van der Waals surface area contributed by atoms with E-state index in [9.17, 15) is 9.59 Å². The van der Waals surface area contributed by atoms with Crippen LogP contribution in [0.5, 0.6) is 5.75 Å². The number of fused-ring (bicyclic) bond motifs is 1. The van der Waals surface area contributed by atoms with Crippen molar-refractivity contribution in [2.24, 2.45) is 0 Å². The van der Waals surface area contributed by atoms with Gasteiger partial charge in [0.05, 0.1) is 37.5 Å². The van der Waals surface area contributed by atoms with Crippen molar-refractivity contribution in [1.29, 1.82) is 0 Å². The molecule has 0 saturated heterocycles. The van der Waals surface area contributed by atoms with E-state index in [1.165, 1.54) is 5.56 Å². The van der Waals surface area contributed by atoms with Crippen LogP contribution in [-0.4, -0.2) is 30.7 Å². The number of nitrogens with one attached hydrogen (secondary N) is 1. The maximum atomic E-state index is 13.4. The van der Waals surface area contributed by atoms with Crippen LogP contribution in [0, 0.1) is 0 Å². The molecule has 1 atom stereocenters. The summed E-state index contributed by atoms with van der Waals surface area (Å²) in [6.45, 7) is 3.08. The van der Waals surface area contributed by atoms with E-state index < -0.39 is 5.97 Å². The van der Waals surface area contributed by atoms with Gasteiger partial charge in [-0.15, -0.1) is 11.3 Å². The van der Waals surface area contributed by atoms with Crippen molar-refractivity contribution in [1.82, 2.24) is 5.32 Å². The van der Waals surface area contributed by atoms with Crippen molar-refractivity contribution >= 4 is 23.2 Å². The minimum Gasteiger partial charge on any atom is -0.497 e. The number of hydrogen-bond acceptors (Lipinski definition) is 5. The van der Waals surface area contributed by atoms with Gasteiger partial charge in [-0.25, -0.2) is 4.79 Å². The molecule has 172 valence electrons. The Bertz CT molecular complexity index is 1130. The minimum absolute atomic E-state index is 0.0889. The highest BCUT2D eigenvalue weighted by atomic mass is 32.1. The van der Waals surface area contributed by atoms with Crippen LogP contribution in [0.1, 0.15) is 60.1 Å². The number of aryl methyl sites for hydroxylation is 2. The highest BCUT2D eigenvalue weighted by molar-refractivity contribution is 7.12. The average molecular weight is 466 g/mol. The lowest BCUT2D eigenvalue weighted by atomic mass is 9.99. The summed E-state index contributed by atoms with van der Waals surface area (Å²) in [4.78, 5) is 26.7. The number of ether oxygens (including phenoxy) is 2. The van der Waals surface area contributed by atoms with Gasteiger partial charge in [0.2, 0.25) is 0 Å². The lowest BCUT2D eigenvalue weighted by molar-refractivity contribution is 0.0696. The Morgan fingerprint density at radius 2 is 1.85 bits per heavy atom. The van der Waals surface area contributed by atoms with Gasteiger partial charge < -0.3 is 19.9 Å². The number of carbonyl (C=O) groups excluding carboxylic acids is 1. The molecule has 1 aliphatic rings. The number of amides is 1. The van der Waals surface area contributed by atoms with E-state index in [4.69, 9.17) is 14.6 Å². The number of rotatable bonds is 8. The van der Waals surface area contributed by atoms with Crippen LogP contribution in [-0.2, 0) is 30.6 Å². The lowest BCUT2D eigenvalue weighted by Crippen LogP contribution is -2.28. The Morgan fingerprint density at radius 1 is 1.12 bits per heavy atom. The number of carbonyl (C=O) groups is 2. The van der Waals surface area contributed by atoms with Gasteiger partial charge in [0.25, 0.3) is 5.91 Å². The van der Waals surface area contributed by atoms with Crippen molar-refractivity contribution in [3.63, 3.8) is 0 Å². The summed E-state index contributed by atoms with van der Waals surface area (Å²) in [6, 6.07) is 14.4. The number of carboxylic acid groups (broad SMARTS) is 1. The van der Waals surface area contributed by atoms with Crippen molar-refractivity contribution in [3.8, 4) is 5.75 Å². The first-order valence-electron chi connectivity index (χ1n) is 10.9. The van der Waals surface area contributed by atoms with Gasteiger partial charge in [-0.05, 0) is 67.1 Å². The SMILES string of the molecule is COc1ccc(CCc2sc3c(c2C(=O)N[C@@H](C)c2ccc(C(=O)O)cc2)CCOC3)cc1. The molecule has 0 aliphatic carbocycles. The summed E-state index contributed by atoms with van der Waals surface area (Å²) in [6.07, 6.45) is 2.34. The van der Waals surface area contributed by atoms with Crippen LogP contribution in [0.2, 0.25) is 0 Å². The van der Waals surface area contributed by atoms with Crippen LogP contribution in [0.15, 0.2) is 48.5 Å². The van der Waals surface area contributed by atoms with Crippen molar-refractivity contribution in [2.45, 2.75) is 38.8 Å². The zero-order valence-corrected chi connectivity index (χ0v) is 19.5. The third kappa shape index (κ3) is 5.26. The summed E-state index contributed by atoms with van der Waals surface area (Å²) >= 11 is 1.67. The molecule has 2 N–H and O–H groups in total. The molecule has 4 rings (SSSR count). The monoisotopic (exact) mass is 465 g/mol. The largest absolute Gasteiger partial charge is 0.497 e. The van der Waals surface area contributed by atoms with Gasteiger partial charge in [0, 0.05) is 9.75 Å². The Morgan fingerprint density at radius 3 is 2.52 bits per heavy atom. The molecule has 3 aromatic rings. The predicted octanol–water partition coefficient (Wildman–Crippen LogP) is 4.80. The predicted molar refractivity (Wildman–Crippen MR) is 127 cm³/mol. The van der Waals surface area contributed by atoms with E-state index in [0.717, 1.165) is 51.5 Å². The molecule has 2 aromatic carbocycles. The Labute approximate surface area is 197 Å². The van der Waals surface area contributed by atoms with Gasteiger partial charge in [0.1, 0.15) is 5.75 Å². The van der Waals surface area contributed by atoms with E-state index in [2.05, 4.69) is 17.4 Å². The molecule has 7 heteroatoms. The first kappa shape index (κ1) is 23.0. The quantitative estimate of drug-likeness (QED) is 0.499.